The molecule has 1 aliphatic rings. The molecule has 0 unspecified atom stereocenters. The average Bonchev–Trinajstić information content (AvgIpc) is 2.47. The van der Waals surface area contributed by atoms with Crippen LogP contribution in [-0.4, -0.2) is 22.9 Å². The zero-order valence-corrected chi connectivity index (χ0v) is 8.55. The van der Waals surface area contributed by atoms with Crippen LogP contribution in [0.1, 0.15) is 18.5 Å². The van der Waals surface area contributed by atoms with Gasteiger partial charge in [0.1, 0.15) is 0 Å². The number of nitrogens with one attached hydrogen (secondary N) is 2. The van der Waals surface area contributed by atoms with E-state index < -0.39 is 0 Å². The summed E-state index contributed by atoms with van der Waals surface area (Å²) in [5, 5.41) is 6.09. The highest BCUT2D eigenvalue weighted by Crippen LogP contribution is 2.16. The first-order valence-electron chi connectivity index (χ1n) is 5.21. The molecule has 0 bridgehead atoms. The highest BCUT2D eigenvalue weighted by Gasteiger charge is 2.15. The zero-order valence-electron chi connectivity index (χ0n) is 8.55. The van der Waals surface area contributed by atoms with Crippen molar-refractivity contribution in [3.8, 4) is 0 Å². The summed E-state index contributed by atoms with van der Waals surface area (Å²) in [5.74, 6) is 0.734. The van der Waals surface area contributed by atoms with Gasteiger partial charge in [-0.15, -0.1) is 0 Å². The van der Waals surface area contributed by atoms with Crippen LogP contribution in [0, 0.1) is 5.92 Å². The van der Waals surface area contributed by atoms with Crippen molar-refractivity contribution in [1.29, 1.82) is 0 Å². The molecule has 0 radical (unpaired) electrons. The molecular weight excluding hydrogens is 178 g/mol. The molecule has 1 fully saturated rings. The Morgan fingerprint density at radius 1 is 1.50 bits per heavy atom. The summed E-state index contributed by atoms with van der Waals surface area (Å²) in [7, 11) is 1.90. The van der Waals surface area contributed by atoms with Crippen molar-refractivity contribution in [1.82, 2.24) is 15.1 Å². The first kappa shape index (κ1) is 9.52. The first-order chi connectivity index (χ1) is 6.75. The minimum atomic E-state index is 0.0106. The minimum Gasteiger partial charge on any atom is -0.317 e. The SMILES string of the molecule is Cn1[nH]c(=O)cc1CC1CCNCC1. The van der Waals surface area contributed by atoms with E-state index in [4.69, 9.17) is 0 Å². The second-order valence-electron chi connectivity index (χ2n) is 4.07. The maximum absolute atomic E-state index is 11.1. The fraction of sp³-hybridized carbons (Fsp3) is 0.700. The number of rotatable bonds is 2. The van der Waals surface area contributed by atoms with Crippen molar-refractivity contribution in [2.75, 3.05) is 13.1 Å². The molecule has 0 aromatic carbocycles. The Morgan fingerprint density at radius 3 is 2.79 bits per heavy atom. The summed E-state index contributed by atoms with van der Waals surface area (Å²) < 4.78 is 1.84. The van der Waals surface area contributed by atoms with Gasteiger partial charge >= 0.3 is 0 Å². The van der Waals surface area contributed by atoms with Gasteiger partial charge in [-0.2, -0.15) is 0 Å². The van der Waals surface area contributed by atoms with E-state index in [1.165, 1.54) is 12.8 Å². The third-order valence-corrected chi connectivity index (χ3v) is 2.96. The van der Waals surface area contributed by atoms with Gasteiger partial charge in [-0.3, -0.25) is 14.6 Å². The third-order valence-electron chi connectivity index (χ3n) is 2.96. The van der Waals surface area contributed by atoms with Crippen LogP contribution in [-0.2, 0) is 13.5 Å². The summed E-state index contributed by atoms with van der Waals surface area (Å²) in [6.45, 7) is 2.23. The maximum atomic E-state index is 11.1. The van der Waals surface area contributed by atoms with E-state index in [9.17, 15) is 4.79 Å². The van der Waals surface area contributed by atoms with Crippen molar-refractivity contribution < 1.29 is 0 Å². The molecule has 1 aromatic rings. The van der Waals surface area contributed by atoms with Gasteiger partial charge in [-0.1, -0.05) is 0 Å². The van der Waals surface area contributed by atoms with E-state index in [-0.39, 0.29) is 5.56 Å². The predicted molar refractivity (Wildman–Crippen MR) is 55.3 cm³/mol. The lowest BCUT2D eigenvalue weighted by Crippen LogP contribution is -2.29. The second kappa shape index (κ2) is 4.00. The number of hydrogen-bond donors (Lipinski definition) is 2. The summed E-state index contributed by atoms with van der Waals surface area (Å²) >= 11 is 0. The summed E-state index contributed by atoms with van der Waals surface area (Å²) in [4.78, 5) is 11.1. The Kier molecular flexibility index (Phi) is 2.72. The molecule has 78 valence electrons. The molecule has 1 aliphatic heterocycles. The minimum absolute atomic E-state index is 0.0106. The summed E-state index contributed by atoms with van der Waals surface area (Å²) in [6, 6.07) is 1.71. The van der Waals surface area contributed by atoms with Crippen LogP contribution in [0.3, 0.4) is 0 Å². The molecule has 0 saturated carbocycles. The topological polar surface area (TPSA) is 49.8 Å². The van der Waals surface area contributed by atoms with Crippen LogP contribution in [0.2, 0.25) is 0 Å². The molecule has 4 nitrogen and oxygen atoms in total. The number of H-pyrrole nitrogens is 1. The Bertz CT molecular complexity index is 346. The molecule has 2 N–H and O–H groups in total. The highest BCUT2D eigenvalue weighted by atomic mass is 16.1. The number of piperidine rings is 1. The van der Waals surface area contributed by atoms with Crippen LogP contribution < -0.4 is 10.9 Å². The van der Waals surface area contributed by atoms with E-state index in [0.717, 1.165) is 31.1 Å². The van der Waals surface area contributed by atoms with Crippen LogP contribution in [0.4, 0.5) is 0 Å². The van der Waals surface area contributed by atoms with E-state index in [2.05, 4.69) is 10.4 Å². The van der Waals surface area contributed by atoms with Crippen molar-refractivity contribution in [2.45, 2.75) is 19.3 Å². The van der Waals surface area contributed by atoms with Crippen molar-refractivity contribution in [2.24, 2.45) is 13.0 Å². The smallest absolute Gasteiger partial charge is 0.264 e. The van der Waals surface area contributed by atoms with Gasteiger partial charge in [0, 0.05) is 18.8 Å². The molecule has 0 amide bonds. The van der Waals surface area contributed by atoms with Crippen LogP contribution in [0.5, 0.6) is 0 Å². The standard InChI is InChI=1S/C10H17N3O/c1-13-9(7-10(14)12-13)6-8-2-4-11-5-3-8/h7-8,11H,2-6H2,1H3,(H,12,14). The molecule has 0 aliphatic carbocycles. The van der Waals surface area contributed by atoms with Crippen molar-refractivity contribution in [3.05, 3.63) is 22.1 Å². The van der Waals surface area contributed by atoms with Gasteiger partial charge in [0.25, 0.3) is 5.56 Å². The molecule has 0 spiro atoms. The van der Waals surface area contributed by atoms with Gasteiger partial charge in [0.2, 0.25) is 0 Å². The van der Waals surface area contributed by atoms with Crippen molar-refractivity contribution >= 4 is 0 Å². The maximum Gasteiger partial charge on any atom is 0.264 e. The Morgan fingerprint density at radius 2 is 2.21 bits per heavy atom. The summed E-state index contributed by atoms with van der Waals surface area (Å²) in [6.07, 6.45) is 3.47. The van der Waals surface area contributed by atoms with E-state index in [1.807, 2.05) is 11.7 Å². The Balaban J connectivity index is 2.02. The van der Waals surface area contributed by atoms with Gasteiger partial charge < -0.3 is 5.32 Å². The summed E-state index contributed by atoms with van der Waals surface area (Å²) in [5.41, 5.74) is 1.14. The second-order valence-corrected chi connectivity index (χ2v) is 4.07. The fourth-order valence-electron chi connectivity index (χ4n) is 2.09. The molecule has 2 heterocycles. The van der Waals surface area contributed by atoms with E-state index in [0.29, 0.717) is 0 Å². The lowest BCUT2D eigenvalue weighted by molar-refractivity contribution is 0.366. The third kappa shape index (κ3) is 2.07. The lowest BCUT2D eigenvalue weighted by Gasteiger charge is -2.22. The number of hydrogen-bond acceptors (Lipinski definition) is 2. The van der Waals surface area contributed by atoms with Gasteiger partial charge in [0.15, 0.2) is 0 Å². The molecule has 14 heavy (non-hydrogen) atoms. The fourth-order valence-corrected chi connectivity index (χ4v) is 2.09. The average molecular weight is 195 g/mol. The number of aryl methyl sites for hydroxylation is 1. The normalized spacial score (nSPS) is 18.6. The monoisotopic (exact) mass is 195 g/mol. The zero-order chi connectivity index (χ0) is 9.97. The van der Waals surface area contributed by atoms with Crippen LogP contribution in [0.25, 0.3) is 0 Å². The molecule has 4 heteroatoms. The van der Waals surface area contributed by atoms with Gasteiger partial charge in [-0.25, -0.2) is 0 Å². The molecule has 1 aromatic heterocycles. The molecule has 0 atom stereocenters. The Labute approximate surface area is 83.3 Å². The lowest BCUT2D eigenvalue weighted by atomic mass is 9.93. The van der Waals surface area contributed by atoms with E-state index >= 15 is 0 Å². The van der Waals surface area contributed by atoms with Gasteiger partial charge in [0.05, 0.1) is 0 Å². The number of aromatic nitrogens is 2. The number of nitrogens with zero attached hydrogens (tertiary/aromatic N) is 1. The van der Waals surface area contributed by atoms with Crippen LogP contribution >= 0.6 is 0 Å². The molecule has 2 rings (SSSR count). The first-order valence-corrected chi connectivity index (χ1v) is 5.21. The predicted octanol–water partition coefficient (Wildman–Crippen LogP) is 0.255. The van der Waals surface area contributed by atoms with E-state index in [1.54, 1.807) is 6.07 Å². The van der Waals surface area contributed by atoms with Crippen LogP contribution in [0.15, 0.2) is 10.9 Å². The Hall–Kier alpha value is -1.03. The van der Waals surface area contributed by atoms with Crippen molar-refractivity contribution in [3.63, 3.8) is 0 Å². The quantitative estimate of drug-likeness (QED) is 0.711. The molecule has 1 saturated heterocycles. The largest absolute Gasteiger partial charge is 0.317 e. The van der Waals surface area contributed by atoms with Gasteiger partial charge in [-0.05, 0) is 38.3 Å². The number of aromatic amines is 1. The molecular formula is C10H17N3O. The highest BCUT2D eigenvalue weighted by molar-refractivity contribution is 5.02.